The maximum Gasteiger partial charge on any atom is 0.255 e. The summed E-state index contributed by atoms with van der Waals surface area (Å²) in [5.41, 5.74) is 14.3. The van der Waals surface area contributed by atoms with Gasteiger partial charge < -0.3 is 21.5 Å². The van der Waals surface area contributed by atoms with E-state index in [4.69, 9.17) is 16.2 Å². The van der Waals surface area contributed by atoms with Crippen LogP contribution in [0.5, 0.6) is 5.75 Å². The smallest absolute Gasteiger partial charge is 0.255 e. The van der Waals surface area contributed by atoms with Crippen molar-refractivity contribution in [2.24, 2.45) is 17.6 Å². The van der Waals surface area contributed by atoms with Gasteiger partial charge in [-0.2, -0.15) is 5.10 Å². The first-order valence-corrected chi connectivity index (χ1v) is 11.7. The first kappa shape index (κ1) is 22.9. The van der Waals surface area contributed by atoms with Gasteiger partial charge in [0.15, 0.2) is 0 Å². The zero-order valence-electron chi connectivity index (χ0n) is 19.4. The summed E-state index contributed by atoms with van der Waals surface area (Å²) in [5.74, 6) is -0.100. The Labute approximate surface area is 202 Å². The van der Waals surface area contributed by atoms with Crippen molar-refractivity contribution in [3.8, 4) is 17.0 Å². The average Bonchev–Trinajstić information content (AvgIpc) is 3.44. The molecule has 8 nitrogen and oxygen atoms in total. The summed E-state index contributed by atoms with van der Waals surface area (Å²) < 4.78 is 21.6. The number of anilines is 1. The van der Waals surface area contributed by atoms with Crippen LogP contribution in [0.2, 0.25) is 0 Å². The quantitative estimate of drug-likeness (QED) is 0.480. The molecule has 0 aliphatic heterocycles. The molecule has 0 spiro atoms. The molecule has 2 saturated carbocycles. The molecule has 5 N–H and O–H groups in total. The van der Waals surface area contributed by atoms with Gasteiger partial charge in [0.1, 0.15) is 29.0 Å². The predicted molar refractivity (Wildman–Crippen MR) is 130 cm³/mol. The van der Waals surface area contributed by atoms with E-state index < -0.39 is 18.1 Å². The Kier molecular flexibility index (Phi) is 5.92. The maximum absolute atomic E-state index is 14.8. The summed E-state index contributed by atoms with van der Waals surface area (Å²) in [5, 5.41) is 7.44. The summed E-state index contributed by atoms with van der Waals surface area (Å²) in [6, 6.07) is 13.8. The number of nitrogens with zero attached hydrogens (tertiary/aromatic N) is 2. The zero-order chi connectivity index (χ0) is 24.7. The molecule has 0 bridgehead atoms. The third kappa shape index (κ3) is 3.90. The van der Waals surface area contributed by atoms with Crippen molar-refractivity contribution in [3.63, 3.8) is 0 Å². The van der Waals surface area contributed by atoms with Gasteiger partial charge in [0, 0.05) is 12.1 Å². The Hall–Kier alpha value is -3.88. The molecule has 5 rings (SSSR count). The van der Waals surface area contributed by atoms with Gasteiger partial charge in [-0.1, -0.05) is 42.8 Å². The number of nitrogens with one attached hydrogen (secondary N) is 1. The number of hydrogen-bond acceptors (Lipinski definition) is 5. The lowest BCUT2D eigenvalue weighted by Crippen LogP contribution is -2.47. The fourth-order valence-electron chi connectivity index (χ4n) is 5.51. The van der Waals surface area contributed by atoms with E-state index in [0.29, 0.717) is 29.1 Å². The van der Waals surface area contributed by atoms with Crippen molar-refractivity contribution in [1.82, 2.24) is 15.1 Å². The van der Waals surface area contributed by atoms with Crippen LogP contribution in [0.3, 0.4) is 0 Å². The third-order valence-corrected chi connectivity index (χ3v) is 7.31. The van der Waals surface area contributed by atoms with Crippen molar-refractivity contribution in [1.29, 1.82) is 0 Å². The Morgan fingerprint density at radius 2 is 1.86 bits per heavy atom. The Morgan fingerprint density at radius 1 is 1.14 bits per heavy atom. The summed E-state index contributed by atoms with van der Waals surface area (Å²) in [6.45, 7) is 0.297. The van der Waals surface area contributed by atoms with Crippen LogP contribution in [0.15, 0.2) is 48.5 Å². The van der Waals surface area contributed by atoms with Crippen molar-refractivity contribution in [2.75, 3.05) is 12.8 Å². The van der Waals surface area contributed by atoms with E-state index in [1.807, 2.05) is 12.1 Å². The Morgan fingerprint density at radius 3 is 2.57 bits per heavy atom. The summed E-state index contributed by atoms with van der Waals surface area (Å²) in [6.07, 6.45) is 1.80. The highest BCUT2D eigenvalue weighted by Gasteiger charge is 2.55. The minimum Gasteiger partial charge on any atom is -0.496 e. The van der Waals surface area contributed by atoms with Crippen molar-refractivity contribution in [3.05, 3.63) is 65.2 Å². The van der Waals surface area contributed by atoms with E-state index in [9.17, 15) is 14.0 Å². The van der Waals surface area contributed by atoms with Crippen LogP contribution >= 0.6 is 0 Å². The molecular weight excluding hydrogens is 449 g/mol. The SMILES string of the molecule is COc1ccccc1C(=O)NCc1ccc(-c2nn(C3C(F)[C@H]4CCCC34)c(N)c2C(N)=O)cc1. The number of methoxy groups -OCH3 is 1. The highest BCUT2D eigenvalue weighted by molar-refractivity contribution is 6.03. The zero-order valence-corrected chi connectivity index (χ0v) is 19.4. The normalized spacial score (nSPS) is 22.8. The number of ether oxygens (including phenoxy) is 1. The standard InChI is InChI=1S/C26H28FN5O3/c1-35-19-8-3-2-5-18(19)26(34)30-13-14-9-11-15(12-10-14)22-20(25(29)33)24(28)32(31-22)23-17-7-4-6-16(17)21(23)27/h2-3,5,8-12,16-17,21,23H,4,6-7,13,28H2,1H3,(H2,29,33)(H,30,34)/t16-,17?,21?,23?/m0/s1. The second kappa shape index (κ2) is 9.05. The van der Waals surface area contributed by atoms with Gasteiger partial charge in [-0.25, -0.2) is 9.07 Å². The van der Waals surface area contributed by atoms with Gasteiger partial charge in [0.05, 0.1) is 18.7 Å². The van der Waals surface area contributed by atoms with E-state index in [0.717, 1.165) is 24.8 Å². The minimum atomic E-state index is -1.02. The topological polar surface area (TPSA) is 125 Å². The van der Waals surface area contributed by atoms with Gasteiger partial charge in [0.25, 0.3) is 11.8 Å². The van der Waals surface area contributed by atoms with Crippen LogP contribution in [-0.4, -0.2) is 34.9 Å². The number of nitrogen functional groups attached to an aromatic ring is 1. The van der Waals surface area contributed by atoms with E-state index in [1.165, 1.54) is 11.8 Å². The molecule has 1 heterocycles. The molecule has 2 amide bonds. The maximum atomic E-state index is 14.8. The number of alkyl halides is 1. The molecule has 35 heavy (non-hydrogen) atoms. The highest BCUT2D eigenvalue weighted by atomic mass is 19.1. The van der Waals surface area contributed by atoms with Crippen LogP contribution in [0.1, 0.15) is 51.6 Å². The second-order valence-electron chi connectivity index (χ2n) is 9.19. The number of halogens is 1. The number of carbonyl (C=O) groups excluding carboxylic acids is 2. The first-order valence-electron chi connectivity index (χ1n) is 11.7. The molecule has 2 fully saturated rings. The van der Waals surface area contributed by atoms with Gasteiger partial charge in [-0.15, -0.1) is 0 Å². The molecule has 2 aliphatic rings. The number of nitrogens with two attached hydrogens (primary N) is 2. The monoisotopic (exact) mass is 477 g/mol. The lowest BCUT2D eigenvalue weighted by atomic mass is 9.69. The number of para-hydroxylation sites is 1. The van der Waals surface area contributed by atoms with Crippen LogP contribution in [0.25, 0.3) is 11.3 Å². The number of benzene rings is 2. The molecular formula is C26H28FN5O3. The largest absolute Gasteiger partial charge is 0.496 e. The van der Waals surface area contributed by atoms with E-state index >= 15 is 0 Å². The lowest BCUT2D eigenvalue weighted by molar-refractivity contribution is -0.0214. The van der Waals surface area contributed by atoms with Gasteiger partial charge >= 0.3 is 0 Å². The van der Waals surface area contributed by atoms with Crippen LogP contribution in [-0.2, 0) is 6.54 Å². The first-order chi connectivity index (χ1) is 16.9. The predicted octanol–water partition coefficient (Wildman–Crippen LogP) is 3.48. The second-order valence-corrected chi connectivity index (χ2v) is 9.19. The molecule has 3 unspecified atom stereocenters. The van der Waals surface area contributed by atoms with Crippen molar-refractivity contribution < 1.29 is 18.7 Å². The number of hydrogen-bond donors (Lipinski definition) is 3. The number of aromatic nitrogens is 2. The van der Waals surface area contributed by atoms with Gasteiger partial charge in [-0.05, 0) is 42.4 Å². The summed E-state index contributed by atoms with van der Waals surface area (Å²) in [4.78, 5) is 24.8. The minimum absolute atomic E-state index is 0.0504. The summed E-state index contributed by atoms with van der Waals surface area (Å²) in [7, 11) is 1.52. The molecule has 1 aromatic heterocycles. The molecule has 0 saturated heterocycles. The number of amides is 2. The third-order valence-electron chi connectivity index (χ3n) is 7.31. The van der Waals surface area contributed by atoms with E-state index in [1.54, 1.807) is 36.4 Å². The molecule has 182 valence electrons. The van der Waals surface area contributed by atoms with Crippen LogP contribution < -0.4 is 21.5 Å². The molecule has 2 aromatic carbocycles. The fourth-order valence-corrected chi connectivity index (χ4v) is 5.51. The van der Waals surface area contributed by atoms with Crippen LogP contribution in [0, 0.1) is 11.8 Å². The van der Waals surface area contributed by atoms with Gasteiger partial charge in [0.2, 0.25) is 0 Å². The molecule has 4 atom stereocenters. The number of rotatable bonds is 7. The molecule has 2 aliphatic carbocycles. The van der Waals surface area contributed by atoms with Crippen molar-refractivity contribution in [2.45, 2.75) is 38.0 Å². The van der Waals surface area contributed by atoms with Crippen molar-refractivity contribution >= 4 is 17.6 Å². The lowest BCUT2D eigenvalue weighted by Gasteiger charge is -2.44. The van der Waals surface area contributed by atoms with Gasteiger partial charge in [-0.3, -0.25) is 9.59 Å². The fraction of sp³-hybridized carbons (Fsp3) is 0.346. The molecule has 3 aromatic rings. The molecule has 9 heteroatoms. The van der Waals surface area contributed by atoms with E-state index in [2.05, 4.69) is 10.4 Å². The van der Waals surface area contributed by atoms with Crippen LogP contribution in [0.4, 0.5) is 10.2 Å². The average molecular weight is 478 g/mol. The molecule has 0 radical (unpaired) electrons. The Balaban J connectivity index is 1.35. The number of fused-ring (bicyclic) bond motifs is 1. The number of primary amides is 1. The van der Waals surface area contributed by atoms with E-state index in [-0.39, 0.29) is 29.1 Å². The summed E-state index contributed by atoms with van der Waals surface area (Å²) >= 11 is 0. The number of carbonyl (C=O) groups is 2. The highest BCUT2D eigenvalue weighted by Crippen LogP contribution is 2.56. The Bertz CT molecular complexity index is 1270.